The van der Waals surface area contributed by atoms with Crippen LogP contribution in [0.5, 0.6) is 0 Å². The Kier molecular flexibility index (Phi) is 4.80. The van der Waals surface area contributed by atoms with Gasteiger partial charge in [0, 0.05) is 0 Å². The Bertz CT molecular complexity index is 879. The molecule has 1 saturated heterocycles. The zero-order valence-corrected chi connectivity index (χ0v) is 19.0. The molecule has 1 heterocycles. The largest absolute Gasteiger partial charge is 0.231 e. The molecule has 136 valence electrons. The van der Waals surface area contributed by atoms with Gasteiger partial charge in [-0.2, -0.15) is 21.3 Å². The fourth-order valence-electron chi connectivity index (χ4n) is 3.85. The van der Waals surface area contributed by atoms with Gasteiger partial charge in [0.2, 0.25) is 12.7 Å². The monoisotopic (exact) mass is 428 g/mol. The van der Waals surface area contributed by atoms with E-state index in [0.29, 0.717) is 0 Å². The van der Waals surface area contributed by atoms with Crippen LogP contribution < -0.4 is 20.7 Å². The number of hydrogen-bond acceptors (Lipinski definition) is 2. The normalized spacial score (nSPS) is 16.9. The highest BCUT2D eigenvalue weighted by atomic mass is 32.9. The summed E-state index contributed by atoms with van der Waals surface area (Å²) in [6, 6.07) is 44.8. The van der Waals surface area contributed by atoms with Crippen molar-refractivity contribution in [3.8, 4) is 0 Å². The zero-order chi connectivity index (χ0) is 18.9. The van der Waals surface area contributed by atoms with Crippen LogP contribution in [0.2, 0.25) is 0 Å². The Labute approximate surface area is 175 Å². The van der Waals surface area contributed by atoms with Gasteiger partial charge in [-0.25, -0.2) is 0 Å². The molecular formula is C24H20S2Si2. The summed E-state index contributed by atoms with van der Waals surface area (Å²) < 4.78 is 0. The van der Waals surface area contributed by atoms with Crippen molar-refractivity contribution in [1.29, 1.82) is 0 Å². The quantitative estimate of drug-likeness (QED) is 0.451. The van der Waals surface area contributed by atoms with Crippen LogP contribution in [0.25, 0.3) is 0 Å². The second-order valence-electron chi connectivity index (χ2n) is 6.90. The highest BCUT2D eigenvalue weighted by Gasteiger charge is 2.63. The van der Waals surface area contributed by atoms with Gasteiger partial charge in [0.25, 0.3) is 0 Å². The maximum Gasteiger partial charge on any atom is 0.231 e. The van der Waals surface area contributed by atoms with E-state index in [1.165, 1.54) is 20.7 Å². The first-order chi connectivity index (χ1) is 13.8. The summed E-state index contributed by atoms with van der Waals surface area (Å²) in [5, 5.41) is 6.08. The summed E-state index contributed by atoms with van der Waals surface area (Å²) >= 11 is 0. The van der Waals surface area contributed by atoms with Crippen molar-refractivity contribution in [2.24, 2.45) is 0 Å². The first-order valence-corrected chi connectivity index (χ1v) is 18.0. The molecule has 0 atom stereocenters. The molecule has 0 bridgehead atoms. The van der Waals surface area contributed by atoms with Gasteiger partial charge in [-0.05, 0) is 20.7 Å². The third-order valence-electron chi connectivity index (χ3n) is 5.19. The molecule has 0 saturated carbocycles. The van der Waals surface area contributed by atoms with E-state index in [2.05, 4.69) is 143 Å². The summed E-state index contributed by atoms with van der Waals surface area (Å²) in [5.41, 5.74) is 0. The first-order valence-electron chi connectivity index (χ1n) is 9.46. The number of rotatable bonds is 4. The fraction of sp³-hybridized carbons (Fsp3) is 0. The highest BCUT2D eigenvalue weighted by molar-refractivity contribution is 9.01. The molecule has 0 N–H and O–H groups in total. The lowest BCUT2D eigenvalue weighted by Crippen LogP contribution is -2.74. The van der Waals surface area contributed by atoms with Crippen LogP contribution in [0.15, 0.2) is 121 Å². The number of hydrogen-bond donors (Lipinski definition) is 0. The maximum absolute atomic E-state index is 2.34. The molecule has 0 radical (unpaired) electrons. The van der Waals surface area contributed by atoms with Crippen LogP contribution in [-0.2, 0) is 0 Å². The van der Waals surface area contributed by atoms with Gasteiger partial charge in [0.15, 0.2) is 0 Å². The van der Waals surface area contributed by atoms with Crippen LogP contribution in [0, 0.1) is 0 Å². The average Bonchev–Trinajstić information content (AvgIpc) is 2.76. The second kappa shape index (κ2) is 7.45. The Morgan fingerprint density at radius 1 is 0.321 bits per heavy atom. The van der Waals surface area contributed by atoms with Gasteiger partial charge in [-0.3, -0.25) is 0 Å². The molecule has 0 spiro atoms. The minimum absolute atomic E-state index is 1.52. The van der Waals surface area contributed by atoms with Crippen molar-refractivity contribution in [1.82, 2.24) is 0 Å². The zero-order valence-electron chi connectivity index (χ0n) is 15.4. The van der Waals surface area contributed by atoms with Crippen LogP contribution in [0.1, 0.15) is 0 Å². The van der Waals surface area contributed by atoms with Crippen molar-refractivity contribution in [3.05, 3.63) is 121 Å². The molecule has 0 amide bonds. The molecule has 0 aliphatic carbocycles. The molecule has 1 aliphatic heterocycles. The molecule has 5 rings (SSSR count). The van der Waals surface area contributed by atoms with Crippen LogP contribution in [0.3, 0.4) is 0 Å². The molecule has 4 heteroatoms. The van der Waals surface area contributed by atoms with E-state index in [9.17, 15) is 0 Å². The third kappa shape index (κ3) is 2.92. The summed E-state index contributed by atoms with van der Waals surface area (Å²) in [6.45, 7) is 0. The van der Waals surface area contributed by atoms with Crippen molar-refractivity contribution >= 4 is 54.8 Å². The molecule has 0 unspecified atom stereocenters. The average molecular weight is 429 g/mol. The van der Waals surface area contributed by atoms with Crippen molar-refractivity contribution in [2.75, 3.05) is 0 Å². The topological polar surface area (TPSA) is 0 Å². The van der Waals surface area contributed by atoms with E-state index in [4.69, 9.17) is 0 Å². The molecule has 4 aromatic carbocycles. The number of benzene rings is 4. The third-order valence-corrected chi connectivity index (χ3v) is 39.2. The fourth-order valence-corrected chi connectivity index (χ4v) is 44.5. The standard InChI is InChI=1S/C24H20S2Si2/c1-5-13-21(14-6-1)27(22-15-7-2-8-16-22)25-28(26-27,23-17-9-3-10-18-23)24-19-11-4-12-20-24/h1-20H. The Morgan fingerprint density at radius 2 is 0.536 bits per heavy atom. The van der Waals surface area contributed by atoms with E-state index in [0.717, 1.165) is 0 Å². The molecule has 28 heavy (non-hydrogen) atoms. The van der Waals surface area contributed by atoms with Crippen molar-refractivity contribution < 1.29 is 0 Å². The summed E-state index contributed by atoms with van der Waals surface area (Å²) in [7, 11) is 4.64. The maximum atomic E-state index is 2.34. The summed E-state index contributed by atoms with van der Waals surface area (Å²) in [4.78, 5) is 0. The molecule has 1 fully saturated rings. The lowest BCUT2D eigenvalue weighted by molar-refractivity contribution is 1.73. The van der Waals surface area contributed by atoms with E-state index < -0.39 is 12.7 Å². The summed E-state index contributed by atoms with van der Waals surface area (Å²) in [5.74, 6) is 0. The van der Waals surface area contributed by atoms with Crippen LogP contribution in [-0.4, -0.2) is 12.7 Å². The minimum atomic E-state index is -1.90. The molecular weight excluding hydrogens is 409 g/mol. The SMILES string of the molecule is c1ccc([Si]2(c3ccccc3)S[Si](c3ccccc3)(c3ccccc3)S2)cc1. The second-order valence-corrected chi connectivity index (χ2v) is 25.9. The predicted molar refractivity (Wildman–Crippen MR) is 131 cm³/mol. The molecule has 1 aliphatic rings. The summed E-state index contributed by atoms with van der Waals surface area (Å²) in [6.07, 6.45) is -3.80. The van der Waals surface area contributed by atoms with Crippen LogP contribution in [0.4, 0.5) is 0 Å². The van der Waals surface area contributed by atoms with E-state index in [1.807, 2.05) is 0 Å². The highest BCUT2D eigenvalue weighted by Crippen LogP contribution is 2.56. The minimum Gasteiger partial charge on any atom is -0.166 e. The predicted octanol–water partition coefficient (Wildman–Crippen LogP) is 3.98. The lowest BCUT2D eigenvalue weighted by Gasteiger charge is -2.53. The molecule has 0 nitrogen and oxygen atoms in total. The van der Waals surface area contributed by atoms with Gasteiger partial charge < -0.3 is 0 Å². The molecule has 0 aromatic heterocycles. The Hall–Kier alpha value is -1.99. The van der Waals surface area contributed by atoms with Gasteiger partial charge in [-0.15, -0.1) is 0 Å². The van der Waals surface area contributed by atoms with Crippen molar-refractivity contribution in [3.63, 3.8) is 0 Å². The molecule has 4 aromatic rings. The van der Waals surface area contributed by atoms with Gasteiger partial charge in [-0.1, -0.05) is 121 Å². The smallest absolute Gasteiger partial charge is 0.166 e. The van der Waals surface area contributed by atoms with Crippen LogP contribution >= 0.6 is 21.3 Å². The van der Waals surface area contributed by atoms with Crippen molar-refractivity contribution in [2.45, 2.75) is 0 Å². The van der Waals surface area contributed by atoms with E-state index in [1.54, 1.807) is 0 Å². The lowest BCUT2D eigenvalue weighted by atomic mass is 10.4. The Balaban J connectivity index is 1.67. The van der Waals surface area contributed by atoms with E-state index in [-0.39, 0.29) is 0 Å². The Morgan fingerprint density at radius 3 is 0.750 bits per heavy atom. The van der Waals surface area contributed by atoms with Gasteiger partial charge in [0.1, 0.15) is 0 Å². The van der Waals surface area contributed by atoms with Gasteiger partial charge >= 0.3 is 0 Å². The van der Waals surface area contributed by atoms with E-state index >= 15 is 0 Å². The van der Waals surface area contributed by atoms with Gasteiger partial charge in [0.05, 0.1) is 0 Å². The first kappa shape index (κ1) is 18.1.